The van der Waals surface area contributed by atoms with Gasteiger partial charge in [-0.2, -0.15) is 0 Å². The first-order valence-electron chi connectivity index (χ1n) is 8.06. The fraction of sp³-hybridized carbons (Fsp3) is 0.812. The molecule has 120 valence electrons. The van der Waals surface area contributed by atoms with Crippen LogP contribution in [0.1, 0.15) is 37.4 Å². The van der Waals surface area contributed by atoms with Crippen LogP contribution in [-0.4, -0.2) is 54.6 Å². The van der Waals surface area contributed by atoms with Gasteiger partial charge in [-0.3, -0.25) is 0 Å². The highest BCUT2D eigenvalue weighted by Gasteiger charge is 2.18. The molecule has 0 saturated carbocycles. The van der Waals surface area contributed by atoms with Crippen molar-refractivity contribution in [3.8, 4) is 0 Å². The first kappa shape index (κ1) is 16.9. The number of aromatic nitrogens is 1. The lowest BCUT2D eigenvalue weighted by Gasteiger charge is -2.31. The quantitative estimate of drug-likeness (QED) is 0.838. The van der Waals surface area contributed by atoms with Gasteiger partial charge in [0.2, 0.25) is 0 Å². The van der Waals surface area contributed by atoms with Crippen molar-refractivity contribution in [3.05, 3.63) is 16.1 Å². The number of nitrogens with one attached hydrogen (secondary N) is 1. The zero-order valence-electron chi connectivity index (χ0n) is 13.9. The summed E-state index contributed by atoms with van der Waals surface area (Å²) in [6, 6.07) is 0.518. The Hall–Kier alpha value is -0.490. The maximum Gasteiger partial charge on any atom is 0.107 e. The van der Waals surface area contributed by atoms with Crippen LogP contribution >= 0.6 is 11.3 Å². The van der Waals surface area contributed by atoms with Gasteiger partial charge in [0.1, 0.15) is 5.01 Å². The second kappa shape index (κ2) is 8.22. The monoisotopic (exact) mass is 310 g/mol. The van der Waals surface area contributed by atoms with E-state index in [1.165, 1.54) is 43.2 Å². The number of nitrogens with zero attached hydrogens (tertiary/aromatic N) is 3. The maximum atomic E-state index is 4.73. The van der Waals surface area contributed by atoms with Gasteiger partial charge in [0.05, 0.1) is 5.69 Å². The molecule has 0 amide bonds. The maximum absolute atomic E-state index is 4.73. The lowest BCUT2D eigenvalue weighted by molar-refractivity contribution is 0.173. The topological polar surface area (TPSA) is 31.4 Å². The number of piperidine rings is 1. The fourth-order valence-corrected chi connectivity index (χ4v) is 3.56. The van der Waals surface area contributed by atoms with Gasteiger partial charge in [-0.25, -0.2) is 4.98 Å². The van der Waals surface area contributed by atoms with Gasteiger partial charge in [0.25, 0.3) is 0 Å². The number of thiazole rings is 1. The van der Waals surface area contributed by atoms with Crippen LogP contribution in [0, 0.1) is 5.92 Å². The van der Waals surface area contributed by atoms with Crippen LogP contribution in [0.4, 0.5) is 0 Å². The number of hydrogen-bond acceptors (Lipinski definition) is 5. The Kier molecular flexibility index (Phi) is 6.61. The first-order valence-corrected chi connectivity index (χ1v) is 8.94. The van der Waals surface area contributed by atoms with Gasteiger partial charge < -0.3 is 15.1 Å². The van der Waals surface area contributed by atoms with Crippen LogP contribution in [0.2, 0.25) is 0 Å². The highest BCUT2D eigenvalue weighted by Crippen LogP contribution is 2.18. The standard InChI is InChI=1S/C16H30N4S/c1-13(2)17-9-16-18-15(12-21-16)11-20(4)10-14-5-7-19(3)8-6-14/h12-14,17H,5-11H2,1-4H3. The van der Waals surface area contributed by atoms with Crippen LogP contribution < -0.4 is 5.32 Å². The zero-order chi connectivity index (χ0) is 15.2. The summed E-state index contributed by atoms with van der Waals surface area (Å²) in [6.45, 7) is 9.91. The average molecular weight is 311 g/mol. The molecule has 2 rings (SSSR count). The Labute approximate surface area is 133 Å². The molecule has 0 radical (unpaired) electrons. The molecule has 1 N–H and O–H groups in total. The molecule has 0 unspecified atom stereocenters. The molecule has 0 spiro atoms. The van der Waals surface area contributed by atoms with Crippen LogP contribution in [0.25, 0.3) is 0 Å². The summed E-state index contributed by atoms with van der Waals surface area (Å²) in [5.41, 5.74) is 1.22. The van der Waals surface area contributed by atoms with Crippen molar-refractivity contribution in [1.82, 2.24) is 20.1 Å². The number of rotatable bonds is 7. The van der Waals surface area contributed by atoms with Crippen molar-refractivity contribution in [2.45, 2.75) is 45.8 Å². The fourth-order valence-electron chi connectivity index (χ4n) is 2.82. The normalized spacial score (nSPS) is 18.0. The summed E-state index contributed by atoms with van der Waals surface area (Å²) < 4.78 is 0. The summed E-state index contributed by atoms with van der Waals surface area (Å²) in [5, 5.41) is 6.84. The van der Waals surface area contributed by atoms with E-state index >= 15 is 0 Å². The lowest BCUT2D eigenvalue weighted by Crippen LogP contribution is -2.35. The van der Waals surface area contributed by atoms with Crippen molar-refractivity contribution in [2.75, 3.05) is 33.7 Å². The predicted octanol–water partition coefficient (Wildman–Crippen LogP) is 2.41. The number of hydrogen-bond donors (Lipinski definition) is 1. The Morgan fingerprint density at radius 1 is 1.43 bits per heavy atom. The molecule has 4 nitrogen and oxygen atoms in total. The van der Waals surface area contributed by atoms with Gasteiger partial charge in [-0.15, -0.1) is 11.3 Å². The third-order valence-electron chi connectivity index (χ3n) is 4.10. The van der Waals surface area contributed by atoms with E-state index in [4.69, 9.17) is 4.98 Å². The minimum atomic E-state index is 0.518. The summed E-state index contributed by atoms with van der Waals surface area (Å²) in [7, 11) is 4.45. The molecule has 1 fully saturated rings. The van der Waals surface area contributed by atoms with Gasteiger partial charge in [-0.1, -0.05) is 13.8 Å². The molecule has 0 atom stereocenters. The molecule has 2 heterocycles. The summed E-state index contributed by atoms with van der Waals surface area (Å²) in [5.74, 6) is 0.854. The Morgan fingerprint density at radius 2 is 2.14 bits per heavy atom. The van der Waals surface area contributed by atoms with Crippen LogP contribution in [0.5, 0.6) is 0 Å². The minimum absolute atomic E-state index is 0.518. The molecule has 1 aliphatic rings. The van der Waals surface area contributed by atoms with E-state index in [2.05, 4.69) is 48.4 Å². The van der Waals surface area contributed by atoms with Crippen LogP contribution in [-0.2, 0) is 13.1 Å². The van der Waals surface area contributed by atoms with Crippen molar-refractivity contribution in [2.24, 2.45) is 5.92 Å². The van der Waals surface area contributed by atoms with Crippen molar-refractivity contribution >= 4 is 11.3 Å². The second-order valence-corrected chi connectivity index (χ2v) is 7.65. The van der Waals surface area contributed by atoms with Crippen molar-refractivity contribution < 1.29 is 0 Å². The van der Waals surface area contributed by atoms with E-state index in [0.717, 1.165) is 19.0 Å². The highest BCUT2D eigenvalue weighted by molar-refractivity contribution is 7.09. The smallest absolute Gasteiger partial charge is 0.107 e. The second-order valence-electron chi connectivity index (χ2n) is 6.71. The predicted molar refractivity (Wildman–Crippen MR) is 90.6 cm³/mol. The molecular weight excluding hydrogens is 280 g/mol. The zero-order valence-corrected chi connectivity index (χ0v) is 14.7. The van der Waals surface area contributed by atoms with E-state index in [1.807, 2.05) is 0 Å². The number of likely N-dealkylation sites (tertiary alicyclic amines) is 1. The molecule has 1 saturated heterocycles. The van der Waals surface area contributed by atoms with E-state index in [9.17, 15) is 0 Å². The average Bonchev–Trinajstić information content (AvgIpc) is 2.86. The van der Waals surface area contributed by atoms with E-state index in [1.54, 1.807) is 11.3 Å². The van der Waals surface area contributed by atoms with Gasteiger partial charge >= 0.3 is 0 Å². The van der Waals surface area contributed by atoms with Crippen molar-refractivity contribution in [3.63, 3.8) is 0 Å². The van der Waals surface area contributed by atoms with Gasteiger partial charge in [-0.05, 0) is 45.9 Å². The van der Waals surface area contributed by atoms with Crippen LogP contribution in [0.3, 0.4) is 0 Å². The summed E-state index contributed by atoms with van der Waals surface area (Å²) >= 11 is 1.77. The molecule has 0 aromatic carbocycles. The third kappa shape index (κ3) is 6.02. The van der Waals surface area contributed by atoms with E-state index in [0.29, 0.717) is 6.04 Å². The highest BCUT2D eigenvalue weighted by atomic mass is 32.1. The largest absolute Gasteiger partial charge is 0.308 e. The molecular formula is C16H30N4S. The lowest BCUT2D eigenvalue weighted by atomic mass is 9.97. The molecule has 5 heteroatoms. The summed E-state index contributed by atoms with van der Waals surface area (Å²) in [4.78, 5) is 9.60. The molecule has 1 aliphatic heterocycles. The Balaban J connectivity index is 1.73. The van der Waals surface area contributed by atoms with Crippen LogP contribution in [0.15, 0.2) is 5.38 Å². The third-order valence-corrected chi connectivity index (χ3v) is 5.00. The van der Waals surface area contributed by atoms with E-state index < -0.39 is 0 Å². The first-order chi connectivity index (χ1) is 10.0. The Bertz CT molecular complexity index is 410. The molecule has 0 bridgehead atoms. The van der Waals surface area contributed by atoms with Gasteiger partial charge in [0.15, 0.2) is 0 Å². The minimum Gasteiger partial charge on any atom is -0.308 e. The molecule has 1 aromatic heterocycles. The summed E-state index contributed by atoms with van der Waals surface area (Å²) in [6.07, 6.45) is 2.67. The molecule has 21 heavy (non-hydrogen) atoms. The van der Waals surface area contributed by atoms with E-state index in [-0.39, 0.29) is 0 Å². The molecule has 0 aliphatic carbocycles. The van der Waals surface area contributed by atoms with Crippen molar-refractivity contribution in [1.29, 1.82) is 0 Å². The molecule has 1 aromatic rings. The van der Waals surface area contributed by atoms with Gasteiger partial charge in [0, 0.05) is 31.1 Å². The SMILES string of the molecule is CC(C)NCc1nc(CN(C)CC2CCN(C)CC2)cs1. The Morgan fingerprint density at radius 3 is 2.81 bits per heavy atom.